The molecule has 0 saturated heterocycles. The Morgan fingerprint density at radius 3 is 2.72 bits per heavy atom. The molecule has 2 N–H and O–H groups in total. The summed E-state index contributed by atoms with van der Waals surface area (Å²) in [5.41, 5.74) is 5.50. The van der Waals surface area contributed by atoms with E-state index in [-0.39, 0.29) is 6.03 Å². The number of rotatable bonds is 8. The van der Waals surface area contributed by atoms with Crippen LogP contribution < -0.4 is 5.73 Å². The predicted octanol–water partition coefficient (Wildman–Crippen LogP) is 2.15. The van der Waals surface area contributed by atoms with Crippen LogP contribution >= 0.6 is 0 Å². The van der Waals surface area contributed by atoms with Gasteiger partial charge in [0.1, 0.15) is 5.84 Å². The number of hydrogen-bond donors (Lipinski definition) is 1. The zero-order valence-electron chi connectivity index (χ0n) is 11.7. The highest BCUT2D eigenvalue weighted by Gasteiger charge is 2.43. The van der Waals surface area contributed by atoms with Gasteiger partial charge < -0.3 is 15.4 Å². The minimum Gasteiger partial charge on any atom is -0.385 e. The van der Waals surface area contributed by atoms with E-state index in [0.717, 1.165) is 12.8 Å². The number of amides is 2. The van der Waals surface area contributed by atoms with Crippen molar-refractivity contribution in [3.8, 4) is 0 Å². The summed E-state index contributed by atoms with van der Waals surface area (Å²) in [6.45, 7) is 5.24. The lowest BCUT2D eigenvalue weighted by Gasteiger charge is -2.34. The van der Waals surface area contributed by atoms with Crippen molar-refractivity contribution < 1.29 is 9.53 Å². The van der Waals surface area contributed by atoms with Crippen LogP contribution in [0.25, 0.3) is 0 Å². The van der Waals surface area contributed by atoms with Crippen LogP contribution in [0.15, 0.2) is 4.99 Å². The Hall–Kier alpha value is -1.10. The number of aliphatic imine (C=N–C) groups is 1. The second kappa shape index (κ2) is 6.73. The van der Waals surface area contributed by atoms with Gasteiger partial charge in [-0.3, -0.25) is 0 Å². The highest BCUT2D eigenvalue weighted by Crippen LogP contribution is 2.28. The van der Waals surface area contributed by atoms with E-state index in [0.29, 0.717) is 19.0 Å². The van der Waals surface area contributed by atoms with E-state index in [2.05, 4.69) is 11.9 Å². The maximum absolute atomic E-state index is 11.8. The number of methoxy groups -OCH3 is 1. The zero-order valence-corrected chi connectivity index (χ0v) is 11.7. The monoisotopic (exact) mass is 255 g/mol. The second-order valence-corrected chi connectivity index (χ2v) is 5.01. The molecule has 0 aromatic carbocycles. The fourth-order valence-corrected chi connectivity index (χ4v) is 2.32. The molecule has 1 unspecified atom stereocenters. The van der Waals surface area contributed by atoms with Gasteiger partial charge in [0.05, 0.1) is 12.1 Å². The van der Waals surface area contributed by atoms with Gasteiger partial charge in [-0.2, -0.15) is 4.99 Å². The van der Waals surface area contributed by atoms with E-state index in [1.54, 1.807) is 12.0 Å². The van der Waals surface area contributed by atoms with Gasteiger partial charge in [-0.25, -0.2) is 4.79 Å². The fourth-order valence-electron chi connectivity index (χ4n) is 2.32. The number of hydrogen-bond acceptors (Lipinski definition) is 3. The molecular weight excluding hydrogens is 230 g/mol. The first-order valence-electron chi connectivity index (χ1n) is 6.71. The summed E-state index contributed by atoms with van der Waals surface area (Å²) >= 11 is 0. The summed E-state index contributed by atoms with van der Waals surface area (Å²) in [6.07, 6.45) is 5.53. The van der Waals surface area contributed by atoms with Crippen molar-refractivity contribution in [3.63, 3.8) is 0 Å². The van der Waals surface area contributed by atoms with Crippen LogP contribution in [0, 0.1) is 0 Å². The summed E-state index contributed by atoms with van der Waals surface area (Å²) in [7, 11) is 1.63. The standard InChI is InChI=1S/C13H25N3O2/c1-4-5-6-7-8-13(2)11(14)15-12(17)16(13)9-10-18-3/h4-10H2,1-3H3,(H2,14,15,17). The first-order valence-corrected chi connectivity index (χ1v) is 6.71. The molecule has 1 aliphatic heterocycles. The molecule has 104 valence electrons. The highest BCUT2D eigenvalue weighted by atomic mass is 16.5. The number of ether oxygens (including phenoxy) is 1. The summed E-state index contributed by atoms with van der Waals surface area (Å²) in [4.78, 5) is 17.4. The van der Waals surface area contributed by atoms with Crippen LogP contribution in [0.4, 0.5) is 4.79 Å². The molecule has 0 aromatic rings. The van der Waals surface area contributed by atoms with Gasteiger partial charge in [-0.15, -0.1) is 0 Å². The number of nitrogens with two attached hydrogens (primary N) is 1. The molecule has 0 radical (unpaired) electrons. The van der Waals surface area contributed by atoms with E-state index >= 15 is 0 Å². The van der Waals surface area contributed by atoms with Crippen LogP contribution in [0.2, 0.25) is 0 Å². The maximum Gasteiger partial charge on any atom is 0.346 e. The molecule has 1 rings (SSSR count). The molecule has 0 aliphatic carbocycles. The third-order valence-electron chi connectivity index (χ3n) is 3.63. The molecule has 1 atom stereocenters. The number of unbranched alkanes of at least 4 members (excludes halogenated alkanes) is 3. The van der Waals surface area contributed by atoms with Gasteiger partial charge >= 0.3 is 6.03 Å². The topological polar surface area (TPSA) is 67.9 Å². The minimum absolute atomic E-state index is 0.234. The lowest BCUT2D eigenvalue weighted by Crippen LogP contribution is -2.52. The van der Waals surface area contributed by atoms with E-state index in [1.807, 2.05) is 6.92 Å². The van der Waals surface area contributed by atoms with E-state index in [4.69, 9.17) is 10.5 Å². The van der Waals surface area contributed by atoms with Crippen molar-refractivity contribution >= 4 is 11.9 Å². The lowest BCUT2D eigenvalue weighted by atomic mass is 9.92. The average molecular weight is 255 g/mol. The van der Waals surface area contributed by atoms with Crippen molar-refractivity contribution in [1.82, 2.24) is 4.90 Å². The molecular formula is C13H25N3O2. The van der Waals surface area contributed by atoms with Crippen molar-refractivity contribution in [3.05, 3.63) is 0 Å². The molecule has 0 aromatic heterocycles. The molecule has 2 amide bonds. The van der Waals surface area contributed by atoms with Crippen molar-refractivity contribution in [2.45, 2.75) is 51.5 Å². The molecule has 0 bridgehead atoms. The van der Waals surface area contributed by atoms with Crippen LogP contribution in [0.3, 0.4) is 0 Å². The number of amidine groups is 1. The number of nitrogens with zero attached hydrogens (tertiary/aromatic N) is 2. The van der Waals surface area contributed by atoms with Gasteiger partial charge in [-0.1, -0.05) is 32.6 Å². The summed E-state index contributed by atoms with van der Waals surface area (Å²) in [6, 6.07) is -0.234. The fraction of sp³-hybridized carbons (Fsp3) is 0.846. The normalized spacial score (nSPS) is 23.6. The Labute approximate surface area is 109 Å². The zero-order chi connectivity index (χ0) is 13.6. The quantitative estimate of drug-likeness (QED) is 0.676. The van der Waals surface area contributed by atoms with Crippen LogP contribution in [0.5, 0.6) is 0 Å². The summed E-state index contributed by atoms with van der Waals surface area (Å²) in [5, 5.41) is 0. The first-order chi connectivity index (χ1) is 8.56. The van der Waals surface area contributed by atoms with Crippen LogP contribution in [0.1, 0.15) is 46.0 Å². The number of carbonyl (C=O) groups excluding carboxylic acids is 1. The van der Waals surface area contributed by atoms with Crippen LogP contribution in [-0.2, 0) is 4.74 Å². The predicted molar refractivity (Wildman–Crippen MR) is 72.8 cm³/mol. The minimum atomic E-state index is -0.427. The highest BCUT2D eigenvalue weighted by molar-refractivity contribution is 6.05. The molecule has 1 aliphatic rings. The summed E-state index contributed by atoms with van der Waals surface area (Å²) < 4.78 is 5.04. The molecule has 5 heteroatoms. The third-order valence-corrected chi connectivity index (χ3v) is 3.63. The molecule has 18 heavy (non-hydrogen) atoms. The largest absolute Gasteiger partial charge is 0.385 e. The lowest BCUT2D eigenvalue weighted by molar-refractivity contribution is 0.124. The Morgan fingerprint density at radius 1 is 1.39 bits per heavy atom. The van der Waals surface area contributed by atoms with Crippen molar-refractivity contribution in [2.75, 3.05) is 20.3 Å². The molecule has 1 heterocycles. The summed E-state index contributed by atoms with van der Waals surface area (Å²) in [5.74, 6) is 0.445. The average Bonchev–Trinajstić information content (AvgIpc) is 2.54. The Balaban J connectivity index is 2.61. The van der Waals surface area contributed by atoms with Crippen molar-refractivity contribution in [2.24, 2.45) is 10.7 Å². The molecule has 0 saturated carbocycles. The second-order valence-electron chi connectivity index (χ2n) is 5.01. The molecule has 0 fully saturated rings. The van der Waals surface area contributed by atoms with Gasteiger partial charge in [0, 0.05) is 13.7 Å². The third kappa shape index (κ3) is 3.22. The SMILES string of the molecule is CCCCCCC1(C)C(N)=NC(=O)N1CCOC. The van der Waals surface area contributed by atoms with Crippen LogP contribution in [-0.4, -0.2) is 42.6 Å². The van der Waals surface area contributed by atoms with Gasteiger partial charge in [-0.05, 0) is 13.3 Å². The van der Waals surface area contributed by atoms with Gasteiger partial charge in [0.15, 0.2) is 0 Å². The Bertz CT molecular complexity index is 317. The van der Waals surface area contributed by atoms with Gasteiger partial charge in [0.25, 0.3) is 0 Å². The van der Waals surface area contributed by atoms with E-state index < -0.39 is 5.54 Å². The first kappa shape index (κ1) is 15.0. The van der Waals surface area contributed by atoms with Crippen molar-refractivity contribution in [1.29, 1.82) is 0 Å². The number of urea groups is 1. The smallest absolute Gasteiger partial charge is 0.346 e. The maximum atomic E-state index is 11.8. The van der Waals surface area contributed by atoms with E-state index in [9.17, 15) is 4.79 Å². The molecule has 5 nitrogen and oxygen atoms in total. The molecule has 0 spiro atoms. The van der Waals surface area contributed by atoms with Gasteiger partial charge in [0.2, 0.25) is 0 Å². The van der Waals surface area contributed by atoms with E-state index in [1.165, 1.54) is 19.3 Å². The number of carbonyl (C=O) groups is 1. The Morgan fingerprint density at radius 2 is 2.11 bits per heavy atom. The Kier molecular flexibility index (Phi) is 5.59.